The fourth-order valence-corrected chi connectivity index (χ4v) is 2.83. The Morgan fingerprint density at radius 1 is 1.05 bits per heavy atom. The first kappa shape index (κ1) is 14.6. The van der Waals surface area contributed by atoms with Crippen LogP contribution in [0.3, 0.4) is 0 Å². The molecule has 0 aromatic heterocycles. The fraction of sp³-hybridized carbons (Fsp3) is 0.0909. The summed E-state index contributed by atoms with van der Waals surface area (Å²) < 4.78 is 55.5. The standard InChI is InChI=1S/C11H11NO6S2/c1-19(14,15)12-8-3-2-7-4-9(20(16,17)18)6-11(13)10(7)5-8/h2-6,12-13H,1H3,(H,16,17,18). The molecule has 0 heterocycles. The van der Waals surface area contributed by atoms with Crippen LogP contribution in [0.1, 0.15) is 0 Å². The van der Waals surface area contributed by atoms with E-state index in [4.69, 9.17) is 4.55 Å². The summed E-state index contributed by atoms with van der Waals surface area (Å²) in [7, 11) is -7.88. The third kappa shape index (κ3) is 3.18. The zero-order chi connectivity index (χ0) is 15.1. The second-order valence-corrected chi connectivity index (χ2v) is 7.40. The van der Waals surface area contributed by atoms with E-state index in [0.29, 0.717) is 5.39 Å². The molecule has 2 rings (SSSR count). The average Bonchev–Trinajstić information content (AvgIpc) is 2.26. The smallest absolute Gasteiger partial charge is 0.294 e. The van der Waals surface area contributed by atoms with Crippen LogP contribution in [0.4, 0.5) is 5.69 Å². The van der Waals surface area contributed by atoms with Gasteiger partial charge in [0, 0.05) is 17.1 Å². The summed E-state index contributed by atoms with van der Waals surface area (Å²) in [5.41, 5.74) is 0.231. The average molecular weight is 317 g/mol. The molecule has 0 aliphatic heterocycles. The van der Waals surface area contributed by atoms with Gasteiger partial charge in [-0.1, -0.05) is 6.07 Å². The molecule has 0 unspecified atom stereocenters. The summed E-state index contributed by atoms with van der Waals surface area (Å²) in [5.74, 6) is -0.382. The van der Waals surface area contributed by atoms with E-state index < -0.39 is 25.0 Å². The number of hydrogen-bond acceptors (Lipinski definition) is 5. The predicted octanol–water partition coefficient (Wildman–Crippen LogP) is 1.16. The Morgan fingerprint density at radius 3 is 2.25 bits per heavy atom. The van der Waals surface area contributed by atoms with Crippen molar-refractivity contribution in [1.82, 2.24) is 0 Å². The van der Waals surface area contributed by atoms with Gasteiger partial charge in [0.2, 0.25) is 10.0 Å². The summed E-state index contributed by atoms with van der Waals surface area (Å²) in [6.45, 7) is 0. The van der Waals surface area contributed by atoms with Crippen LogP contribution >= 0.6 is 0 Å². The van der Waals surface area contributed by atoms with Gasteiger partial charge >= 0.3 is 0 Å². The monoisotopic (exact) mass is 317 g/mol. The lowest BCUT2D eigenvalue weighted by atomic mass is 10.1. The molecule has 0 atom stereocenters. The van der Waals surface area contributed by atoms with Crippen molar-refractivity contribution in [2.24, 2.45) is 0 Å². The van der Waals surface area contributed by atoms with Crippen molar-refractivity contribution in [3.05, 3.63) is 30.3 Å². The van der Waals surface area contributed by atoms with E-state index in [1.54, 1.807) is 0 Å². The number of nitrogens with one attached hydrogen (secondary N) is 1. The van der Waals surface area contributed by atoms with Crippen LogP contribution in [0.25, 0.3) is 10.8 Å². The van der Waals surface area contributed by atoms with Gasteiger partial charge in [-0.25, -0.2) is 8.42 Å². The Labute approximate surface area is 115 Å². The molecule has 0 fully saturated rings. The van der Waals surface area contributed by atoms with Crippen molar-refractivity contribution in [3.8, 4) is 5.75 Å². The largest absolute Gasteiger partial charge is 0.507 e. The van der Waals surface area contributed by atoms with Gasteiger partial charge in [0.25, 0.3) is 10.1 Å². The molecule has 2 aromatic rings. The molecule has 3 N–H and O–H groups in total. The van der Waals surface area contributed by atoms with Crippen LogP contribution in [-0.2, 0) is 20.1 Å². The third-order valence-electron chi connectivity index (χ3n) is 2.51. The van der Waals surface area contributed by atoms with Gasteiger partial charge in [0.15, 0.2) is 0 Å². The lowest BCUT2D eigenvalue weighted by Gasteiger charge is -2.08. The maximum Gasteiger partial charge on any atom is 0.294 e. The van der Waals surface area contributed by atoms with Gasteiger partial charge in [-0.3, -0.25) is 9.27 Å². The molecule has 2 aromatic carbocycles. The highest BCUT2D eigenvalue weighted by atomic mass is 32.2. The second-order valence-electron chi connectivity index (χ2n) is 4.23. The number of phenols is 1. The van der Waals surface area contributed by atoms with E-state index in [9.17, 15) is 21.9 Å². The van der Waals surface area contributed by atoms with Crippen molar-refractivity contribution in [3.63, 3.8) is 0 Å². The number of rotatable bonds is 3. The fourth-order valence-electron chi connectivity index (χ4n) is 1.74. The highest BCUT2D eigenvalue weighted by Crippen LogP contribution is 2.30. The van der Waals surface area contributed by atoms with Crippen LogP contribution in [-0.4, -0.2) is 32.8 Å². The maximum absolute atomic E-state index is 11.1. The molecule has 0 amide bonds. The molecule has 0 bridgehead atoms. The number of phenolic OH excluding ortho intramolecular Hbond substituents is 1. The Hall–Kier alpha value is -1.84. The Balaban J connectivity index is 2.64. The van der Waals surface area contributed by atoms with Gasteiger partial charge in [-0.05, 0) is 23.6 Å². The first-order valence-electron chi connectivity index (χ1n) is 5.28. The zero-order valence-electron chi connectivity index (χ0n) is 10.2. The van der Waals surface area contributed by atoms with Crippen molar-refractivity contribution in [2.75, 3.05) is 11.0 Å². The number of benzene rings is 2. The normalized spacial score (nSPS) is 12.5. The van der Waals surface area contributed by atoms with Crippen LogP contribution in [0.15, 0.2) is 35.2 Å². The number of hydrogen-bond donors (Lipinski definition) is 3. The van der Waals surface area contributed by atoms with Gasteiger partial charge in [0.05, 0.1) is 11.2 Å². The molecule has 7 nitrogen and oxygen atoms in total. The van der Waals surface area contributed by atoms with E-state index in [2.05, 4.69) is 4.72 Å². The zero-order valence-corrected chi connectivity index (χ0v) is 11.9. The summed E-state index contributed by atoms with van der Waals surface area (Å²) in [4.78, 5) is -0.439. The lowest BCUT2D eigenvalue weighted by Crippen LogP contribution is -2.09. The van der Waals surface area contributed by atoms with Gasteiger partial charge in [-0.15, -0.1) is 0 Å². The predicted molar refractivity (Wildman–Crippen MR) is 73.9 cm³/mol. The van der Waals surface area contributed by atoms with E-state index >= 15 is 0 Å². The quantitative estimate of drug-likeness (QED) is 0.731. The molecule has 0 spiro atoms. The molecule has 9 heteroatoms. The molecule has 0 saturated carbocycles. The van der Waals surface area contributed by atoms with Gasteiger partial charge < -0.3 is 5.11 Å². The van der Waals surface area contributed by atoms with Crippen molar-refractivity contribution in [1.29, 1.82) is 0 Å². The minimum atomic E-state index is -4.43. The molecule has 0 saturated heterocycles. The number of sulfonamides is 1. The SMILES string of the molecule is CS(=O)(=O)Nc1ccc2cc(S(=O)(=O)O)cc(O)c2c1. The number of fused-ring (bicyclic) bond motifs is 1. The van der Waals surface area contributed by atoms with E-state index in [1.807, 2.05) is 0 Å². The number of anilines is 1. The van der Waals surface area contributed by atoms with Crippen LogP contribution in [0.5, 0.6) is 5.75 Å². The Bertz CT molecular complexity index is 887. The van der Waals surface area contributed by atoms with Crippen LogP contribution in [0, 0.1) is 0 Å². The molecule has 0 radical (unpaired) electrons. The summed E-state index contributed by atoms with van der Waals surface area (Å²) in [5, 5.41) is 10.4. The first-order chi connectivity index (χ1) is 9.06. The summed E-state index contributed by atoms with van der Waals surface area (Å²) in [6.07, 6.45) is 0.985. The minimum absolute atomic E-state index is 0.231. The highest BCUT2D eigenvalue weighted by Gasteiger charge is 2.14. The van der Waals surface area contributed by atoms with E-state index in [1.165, 1.54) is 24.3 Å². The molecule has 0 aliphatic carbocycles. The summed E-state index contributed by atoms with van der Waals surface area (Å²) >= 11 is 0. The minimum Gasteiger partial charge on any atom is -0.507 e. The van der Waals surface area contributed by atoms with E-state index in [0.717, 1.165) is 12.3 Å². The molecule has 108 valence electrons. The molecular formula is C11H11NO6S2. The van der Waals surface area contributed by atoms with Crippen LogP contribution < -0.4 is 4.72 Å². The Kier molecular flexibility index (Phi) is 3.36. The third-order valence-corrected chi connectivity index (χ3v) is 3.95. The first-order valence-corrected chi connectivity index (χ1v) is 8.61. The van der Waals surface area contributed by atoms with Crippen LogP contribution in [0.2, 0.25) is 0 Å². The number of aromatic hydroxyl groups is 1. The molecule has 20 heavy (non-hydrogen) atoms. The topological polar surface area (TPSA) is 121 Å². The van der Waals surface area contributed by atoms with Gasteiger partial charge in [0.1, 0.15) is 5.75 Å². The Morgan fingerprint density at radius 2 is 1.70 bits per heavy atom. The van der Waals surface area contributed by atoms with Crippen molar-refractivity contribution >= 4 is 36.6 Å². The highest BCUT2D eigenvalue weighted by molar-refractivity contribution is 7.92. The molecular weight excluding hydrogens is 306 g/mol. The lowest BCUT2D eigenvalue weighted by molar-refractivity contribution is 0.471. The second kappa shape index (κ2) is 4.62. The van der Waals surface area contributed by atoms with Gasteiger partial charge in [-0.2, -0.15) is 8.42 Å². The van der Waals surface area contributed by atoms with Crippen molar-refractivity contribution in [2.45, 2.75) is 4.90 Å². The summed E-state index contributed by atoms with van der Waals surface area (Å²) in [6, 6.07) is 6.27. The maximum atomic E-state index is 11.1. The van der Waals surface area contributed by atoms with Crippen molar-refractivity contribution < 1.29 is 26.5 Å². The van der Waals surface area contributed by atoms with E-state index in [-0.39, 0.29) is 16.8 Å². The molecule has 0 aliphatic rings.